The van der Waals surface area contributed by atoms with Crippen LogP contribution in [-0.2, 0) is 9.59 Å². The van der Waals surface area contributed by atoms with Crippen molar-refractivity contribution < 1.29 is 14.7 Å². The molecule has 14 heavy (non-hydrogen) atoms. The quantitative estimate of drug-likeness (QED) is 0.298. The number of nitrogens with two attached hydrogens (primary N) is 1. The van der Waals surface area contributed by atoms with E-state index in [2.05, 4.69) is 0 Å². The molecule has 0 spiro atoms. The fraction of sp³-hybridized carbons (Fsp3) is 0.500. The standard InChI is InChI=1S/C8H11ClN2O3/c1-3(2)5(8(13)14)11-6(9)4(10)7(11)12/h4,6H,10H2,1-2H3,(H,13,14)/t4-,6-/m1/s1. The second kappa shape index (κ2) is 3.59. The Balaban J connectivity index is 3.00. The Kier molecular flexibility index (Phi) is 2.82. The lowest BCUT2D eigenvalue weighted by molar-refractivity contribution is -0.148. The summed E-state index contributed by atoms with van der Waals surface area (Å²) in [5.41, 5.74) is 5.03. The van der Waals surface area contributed by atoms with Crippen molar-refractivity contribution in [1.82, 2.24) is 4.90 Å². The molecule has 1 aliphatic rings. The van der Waals surface area contributed by atoms with Crippen molar-refractivity contribution in [1.29, 1.82) is 0 Å². The van der Waals surface area contributed by atoms with E-state index in [0.717, 1.165) is 4.90 Å². The Hall–Kier alpha value is -1.07. The smallest absolute Gasteiger partial charge is 0.352 e. The van der Waals surface area contributed by atoms with Crippen LogP contribution in [0.2, 0.25) is 0 Å². The summed E-state index contributed by atoms with van der Waals surface area (Å²) >= 11 is 5.73. The minimum atomic E-state index is -1.17. The molecule has 6 heteroatoms. The predicted molar refractivity (Wildman–Crippen MR) is 50.5 cm³/mol. The van der Waals surface area contributed by atoms with Crippen molar-refractivity contribution in [2.24, 2.45) is 5.73 Å². The molecule has 0 aliphatic carbocycles. The number of aliphatic carboxylic acids is 1. The van der Waals surface area contributed by atoms with Crippen molar-refractivity contribution in [2.75, 3.05) is 0 Å². The number of hydrogen-bond donors (Lipinski definition) is 2. The van der Waals surface area contributed by atoms with Gasteiger partial charge in [0.2, 0.25) is 5.91 Å². The van der Waals surface area contributed by atoms with E-state index < -0.39 is 23.4 Å². The monoisotopic (exact) mass is 218 g/mol. The highest BCUT2D eigenvalue weighted by molar-refractivity contribution is 6.27. The van der Waals surface area contributed by atoms with Gasteiger partial charge in [0, 0.05) is 0 Å². The summed E-state index contributed by atoms with van der Waals surface area (Å²) in [5.74, 6) is -1.63. The normalized spacial score (nSPS) is 25.7. The number of halogens is 1. The molecular formula is C8H11ClN2O3. The number of carboxylic acid groups (broad SMARTS) is 1. The zero-order valence-electron chi connectivity index (χ0n) is 7.82. The number of allylic oxidation sites excluding steroid dienone is 1. The third-order valence-corrected chi connectivity index (χ3v) is 2.45. The maximum atomic E-state index is 11.2. The lowest BCUT2D eigenvalue weighted by atomic mass is 10.1. The average Bonchev–Trinajstić information content (AvgIpc) is 2.10. The van der Waals surface area contributed by atoms with Gasteiger partial charge in [-0.05, 0) is 19.4 Å². The number of carbonyl (C=O) groups is 2. The van der Waals surface area contributed by atoms with E-state index in [4.69, 9.17) is 22.4 Å². The number of rotatable bonds is 2. The topological polar surface area (TPSA) is 83.6 Å². The molecule has 0 aromatic heterocycles. The van der Waals surface area contributed by atoms with Gasteiger partial charge in [-0.25, -0.2) is 4.79 Å². The van der Waals surface area contributed by atoms with Gasteiger partial charge in [0.05, 0.1) is 0 Å². The van der Waals surface area contributed by atoms with E-state index in [1.807, 2.05) is 0 Å². The summed E-state index contributed by atoms with van der Waals surface area (Å²) < 4.78 is 0. The van der Waals surface area contributed by atoms with Crippen LogP contribution < -0.4 is 5.73 Å². The molecule has 78 valence electrons. The summed E-state index contributed by atoms with van der Waals surface area (Å²) in [6.07, 6.45) is 0. The summed E-state index contributed by atoms with van der Waals surface area (Å²) in [7, 11) is 0. The van der Waals surface area contributed by atoms with Gasteiger partial charge in [-0.3, -0.25) is 9.69 Å². The number of hydrogen-bond acceptors (Lipinski definition) is 3. The molecule has 1 heterocycles. The van der Waals surface area contributed by atoms with Gasteiger partial charge in [-0.15, -0.1) is 0 Å². The molecule has 3 N–H and O–H groups in total. The highest BCUT2D eigenvalue weighted by atomic mass is 35.5. The SMILES string of the molecule is CC(C)=C(C(=O)O)N1C(=O)[C@H](N)[C@@H]1Cl. The van der Waals surface area contributed by atoms with Gasteiger partial charge >= 0.3 is 5.97 Å². The first-order valence-corrected chi connectivity index (χ1v) is 4.45. The Labute approximate surface area is 86.1 Å². The Morgan fingerprint density at radius 3 is 2.36 bits per heavy atom. The number of β-lactam (4-membered cyclic amide) rings is 1. The summed E-state index contributed by atoms with van der Waals surface area (Å²) in [4.78, 5) is 23.1. The second-order valence-corrected chi connectivity index (χ2v) is 3.71. The Morgan fingerprint density at radius 2 is 2.07 bits per heavy atom. The third-order valence-electron chi connectivity index (χ3n) is 1.98. The zero-order chi connectivity index (χ0) is 11.0. The van der Waals surface area contributed by atoms with Gasteiger partial charge in [0.1, 0.15) is 17.2 Å². The minimum absolute atomic E-state index is 0.0864. The van der Waals surface area contributed by atoms with E-state index >= 15 is 0 Å². The average molecular weight is 219 g/mol. The van der Waals surface area contributed by atoms with Crippen molar-refractivity contribution >= 4 is 23.5 Å². The van der Waals surface area contributed by atoms with Gasteiger partial charge in [-0.2, -0.15) is 0 Å². The fourth-order valence-corrected chi connectivity index (χ4v) is 1.57. The van der Waals surface area contributed by atoms with Gasteiger partial charge in [0.15, 0.2) is 0 Å². The number of nitrogens with zero attached hydrogens (tertiary/aromatic N) is 1. The van der Waals surface area contributed by atoms with E-state index in [-0.39, 0.29) is 5.70 Å². The van der Waals surface area contributed by atoms with E-state index in [1.54, 1.807) is 13.8 Å². The van der Waals surface area contributed by atoms with Crippen LogP contribution in [0, 0.1) is 0 Å². The van der Waals surface area contributed by atoms with E-state index in [0.29, 0.717) is 5.57 Å². The van der Waals surface area contributed by atoms with E-state index in [1.165, 1.54) is 0 Å². The van der Waals surface area contributed by atoms with Crippen LogP contribution in [0.25, 0.3) is 0 Å². The third kappa shape index (κ3) is 1.49. The number of amides is 1. The molecule has 0 bridgehead atoms. The molecule has 1 rings (SSSR count). The lowest BCUT2D eigenvalue weighted by Gasteiger charge is -2.41. The van der Waals surface area contributed by atoms with E-state index in [9.17, 15) is 9.59 Å². The highest BCUT2D eigenvalue weighted by Crippen LogP contribution is 2.28. The van der Waals surface area contributed by atoms with Crippen LogP contribution in [0.4, 0.5) is 0 Å². The molecule has 0 aromatic carbocycles. The lowest BCUT2D eigenvalue weighted by Crippen LogP contribution is -2.66. The Bertz CT molecular complexity index is 323. The van der Waals surface area contributed by atoms with Crippen LogP contribution >= 0.6 is 11.6 Å². The van der Waals surface area contributed by atoms with Crippen LogP contribution in [0.15, 0.2) is 11.3 Å². The molecule has 5 nitrogen and oxygen atoms in total. The maximum Gasteiger partial charge on any atom is 0.352 e. The highest BCUT2D eigenvalue weighted by Gasteiger charge is 2.47. The molecule has 0 radical (unpaired) electrons. The Morgan fingerprint density at radius 1 is 1.57 bits per heavy atom. The number of carboxylic acids is 1. The molecule has 1 amide bonds. The first kappa shape index (κ1) is 11.0. The fourth-order valence-electron chi connectivity index (χ4n) is 1.27. The van der Waals surface area contributed by atoms with Crippen molar-refractivity contribution in [2.45, 2.75) is 25.4 Å². The largest absolute Gasteiger partial charge is 0.477 e. The molecule has 0 aromatic rings. The zero-order valence-corrected chi connectivity index (χ0v) is 8.58. The van der Waals surface area contributed by atoms with Gasteiger partial charge < -0.3 is 10.8 Å². The molecule has 2 atom stereocenters. The van der Waals surface area contributed by atoms with Crippen LogP contribution in [0.1, 0.15) is 13.8 Å². The van der Waals surface area contributed by atoms with Crippen molar-refractivity contribution in [3.05, 3.63) is 11.3 Å². The first-order chi connectivity index (χ1) is 6.37. The number of likely N-dealkylation sites (tertiary alicyclic amines) is 1. The van der Waals surface area contributed by atoms with Crippen molar-refractivity contribution in [3.63, 3.8) is 0 Å². The van der Waals surface area contributed by atoms with Crippen LogP contribution in [-0.4, -0.2) is 33.4 Å². The summed E-state index contributed by atoms with van der Waals surface area (Å²) in [5, 5.41) is 8.85. The van der Waals surface area contributed by atoms with Crippen molar-refractivity contribution in [3.8, 4) is 0 Å². The second-order valence-electron chi connectivity index (χ2n) is 3.26. The minimum Gasteiger partial charge on any atom is -0.477 e. The molecule has 1 saturated heterocycles. The molecule has 0 saturated carbocycles. The first-order valence-electron chi connectivity index (χ1n) is 4.01. The van der Waals surface area contributed by atoms with Gasteiger partial charge in [-0.1, -0.05) is 11.6 Å². The van der Waals surface area contributed by atoms with Gasteiger partial charge in [0.25, 0.3) is 0 Å². The predicted octanol–water partition coefficient (Wildman–Crippen LogP) is 0.0993. The molecule has 1 fully saturated rings. The summed E-state index contributed by atoms with van der Waals surface area (Å²) in [6, 6.07) is -0.801. The number of carbonyl (C=O) groups excluding carboxylic acids is 1. The maximum absolute atomic E-state index is 11.2. The molecular weight excluding hydrogens is 208 g/mol. The number of alkyl halides is 1. The van der Waals surface area contributed by atoms with Crippen LogP contribution in [0.3, 0.4) is 0 Å². The molecule has 1 aliphatic heterocycles. The summed E-state index contributed by atoms with van der Waals surface area (Å²) in [6.45, 7) is 3.20. The van der Waals surface area contributed by atoms with Crippen LogP contribution in [0.5, 0.6) is 0 Å². The molecule has 0 unspecified atom stereocenters.